The van der Waals surface area contributed by atoms with E-state index in [4.69, 9.17) is 25.8 Å². The molecule has 0 unspecified atom stereocenters. The third-order valence-corrected chi connectivity index (χ3v) is 4.68. The highest BCUT2D eigenvalue weighted by molar-refractivity contribution is 6.30. The Labute approximate surface area is 123 Å². The standard InChI is InChI=1S/C15H18ClFO3/c1-18-14(12-3-2-11(16)10-13(12)17)4-6-15(7-5-14)19-8-9-20-15/h2-3,10H,4-9H2,1H3. The maximum atomic E-state index is 14.2. The minimum Gasteiger partial charge on any atom is -0.373 e. The molecule has 3 nitrogen and oxygen atoms in total. The monoisotopic (exact) mass is 300 g/mol. The predicted octanol–water partition coefficient (Wildman–Crippen LogP) is 3.64. The van der Waals surface area contributed by atoms with Crippen molar-refractivity contribution < 1.29 is 18.6 Å². The van der Waals surface area contributed by atoms with Crippen molar-refractivity contribution in [2.45, 2.75) is 37.1 Å². The van der Waals surface area contributed by atoms with Crippen LogP contribution in [0.2, 0.25) is 5.02 Å². The van der Waals surface area contributed by atoms with Crippen molar-refractivity contribution in [3.8, 4) is 0 Å². The van der Waals surface area contributed by atoms with Gasteiger partial charge < -0.3 is 14.2 Å². The third-order valence-electron chi connectivity index (χ3n) is 4.45. The fourth-order valence-electron chi connectivity index (χ4n) is 3.26. The molecule has 0 amide bonds. The molecule has 2 fully saturated rings. The number of hydrogen-bond acceptors (Lipinski definition) is 3. The van der Waals surface area contributed by atoms with Gasteiger partial charge in [-0.2, -0.15) is 0 Å². The molecule has 1 aliphatic carbocycles. The minimum atomic E-state index is -0.616. The number of hydrogen-bond donors (Lipinski definition) is 0. The Balaban J connectivity index is 1.86. The second kappa shape index (κ2) is 5.26. The summed E-state index contributed by atoms with van der Waals surface area (Å²) in [6, 6.07) is 4.76. The van der Waals surface area contributed by atoms with Crippen LogP contribution in [0.5, 0.6) is 0 Å². The van der Waals surface area contributed by atoms with E-state index in [2.05, 4.69) is 0 Å². The first-order valence-corrected chi connectivity index (χ1v) is 7.26. The van der Waals surface area contributed by atoms with Gasteiger partial charge in [-0.3, -0.25) is 0 Å². The van der Waals surface area contributed by atoms with E-state index in [1.807, 2.05) is 0 Å². The number of halogens is 2. The normalized spacial score (nSPS) is 24.1. The number of ether oxygens (including phenoxy) is 3. The Morgan fingerprint density at radius 3 is 2.35 bits per heavy atom. The summed E-state index contributed by atoms with van der Waals surface area (Å²) in [4.78, 5) is 0. The van der Waals surface area contributed by atoms with Gasteiger partial charge >= 0.3 is 0 Å². The molecule has 1 spiro atoms. The van der Waals surface area contributed by atoms with Crippen molar-refractivity contribution in [3.05, 3.63) is 34.6 Å². The van der Waals surface area contributed by atoms with Crippen molar-refractivity contribution >= 4 is 11.6 Å². The van der Waals surface area contributed by atoms with Gasteiger partial charge in [-0.25, -0.2) is 4.39 Å². The second-order valence-corrected chi connectivity index (χ2v) is 5.87. The van der Waals surface area contributed by atoms with Crippen LogP contribution in [-0.4, -0.2) is 26.1 Å². The molecule has 0 N–H and O–H groups in total. The largest absolute Gasteiger partial charge is 0.373 e. The summed E-state index contributed by atoms with van der Waals surface area (Å²) < 4.78 is 31.3. The van der Waals surface area contributed by atoms with Crippen LogP contribution in [0.3, 0.4) is 0 Å². The van der Waals surface area contributed by atoms with E-state index in [1.54, 1.807) is 19.2 Å². The van der Waals surface area contributed by atoms with E-state index in [0.717, 1.165) is 0 Å². The molecule has 1 aliphatic heterocycles. The summed E-state index contributed by atoms with van der Waals surface area (Å²) in [5, 5.41) is 0.396. The van der Waals surface area contributed by atoms with E-state index in [-0.39, 0.29) is 5.82 Å². The van der Waals surface area contributed by atoms with Crippen LogP contribution in [0.15, 0.2) is 18.2 Å². The van der Waals surface area contributed by atoms with E-state index < -0.39 is 11.4 Å². The summed E-state index contributed by atoms with van der Waals surface area (Å²) in [6.07, 6.45) is 2.76. The van der Waals surface area contributed by atoms with Gasteiger partial charge in [0.05, 0.1) is 18.8 Å². The topological polar surface area (TPSA) is 27.7 Å². The molecule has 1 saturated heterocycles. The lowest BCUT2D eigenvalue weighted by Crippen LogP contribution is -2.43. The lowest BCUT2D eigenvalue weighted by atomic mass is 9.76. The number of rotatable bonds is 2. The first-order chi connectivity index (χ1) is 9.59. The van der Waals surface area contributed by atoms with E-state index in [0.29, 0.717) is 49.5 Å². The summed E-state index contributed by atoms with van der Waals surface area (Å²) in [7, 11) is 1.63. The average Bonchev–Trinajstić information content (AvgIpc) is 2.89. The van der Waals surface area contributed by atoms with E-state index in [1.165, 1.54) is 6.07 Å². The lowest BCUT2D eigenvalue weighted by Gasteiger charge is -2.43. The molecular weight excluding hydrogens is 283 g/mol. The zero-order chi connectivity index (χ0) is 14.2. The summed E-state index contributed by atoms with van der Waals surface area (Å²) >= 11 is 5.82. The van der Waals surface area contributed by atoms with Crippen LogP contribution in [0.1, 0.15) is 31.2 Å². The van der Waals surface area contributed by atoms with Gasteiger partial charge in [-0.15, -0.1) is 0 Å². The quantitative estimate of drug-likeness (QED) is 0.834. The maximum absolute atomic E-state index is 14.2. The molecule has 0 radical (unpaired) electrons. The molecule has 1 heterocycles. The predicted molar refractivity (Wildman–Crippen MR) is 73.2 cm³/mol. The zero-order valence-corrected chi connectivity index (χ0v) is 12.2. The van der Waals surface area contributed by atoms with Crippen LogP contribution in [-0.2, 0) is 19.8 Å². The molecule has 0 aromatic heterocycles. The Hall–Kier alpha value is -0.680. The summed E-state index contributed by atoms with van der Waals surface area (Å²) in [5.74, 6) is -0.797. The van der Waals surface area contributed by atoms with Crippen molar-refractivity contribution in [1.29, 1.82) is 0 Å². The van der Waals surface area contributed by atoms with Crippen molar-refractivity contribution in [3.63, 3.8) is 0 Å². The van der Waals surface area contributed by atoms with E-state index >= 15 is 0 Å². The van der Waals surface area contributed by atoms with E-state index in [9.17, 15) is 4.39 Å². The molecule has 20 heavy (non-hydrogen) atoms. The van der Waals surface area contributed by atoms with Crippen LogP contribution in [0.4, 0.5) is 4.39 Å². The van der Waals surface area contributed by atoms with Gasteiger partial charge in [0.15, 0.2) is 5.79 Å². The maximum Gasteiger partial charge on any atom is 0.168 e. The highest BCUT2D eigenvalue weighted by Crippen LogP contribution is 2.47. The third kappa shape index (κ3) is 2.35. The molecule has 2 aliphatic rings. The summed E-state index contributed by atoms with van der Waals surface area (Å²) in [6.45, 7) is 1.27. The second-order valence-electron chi connectivity index (χ2n) is 5.43. The van der Waals surface area contributed by atoms with Gasteiger partial charge in [0.1, 0.15) is 5.82 Å². The molecule has 110 valence electrons. The van der Waals surface area contributed by atoms with Crippen molar-refractivity contribution in [2.24, 2.45) is 0 Å². The Morgan fingerprint density at radius 2 is 1.80 bits per heavy atom. The highest BCUT2D eigenvalue weighted by atomic mass is 35.5. The first kappa shape index (κ1) is 14.3. The lowest BCUT2D eigenvalue weighted by molar-refractivity contribution is -0.209. The van der Waals surface area contributed by atoms with Gasteiger partial charge in [-0.1, -0.05) is 17.7 Å². The van der Waals surface area contributed by atoms with Gasteiger partial charge in [-0.05, 0) is 25.0 Å². The molecule has 0 atom stereocenters. The first-order valence-electron chi connectivity index (χ1n) is 6.88. The van der Waals surface area contributed by atoms with Crippen molar-refractivity contribution in [1.82, 2.24) is 0 Å². The molecule has 5 heteroatoms. The zero-order valence-electron chi connectivity index (χ0n) is 11.5. The smallest absolute Gasteiger partial charge is 0.168 e. The van der Waals surface area contributed by atoms with Crippen LogP contribution in [0.25, 0.3) is 0 Å². The van der Waals surface area contributed by atoms with Crippen LogP contribution >= 0.6 is 11.6 Å². The fourth-order valence-corrected chi connectivity index (χ4v) is 3.42. The Bertz CT molecular complexity index is 490. The SMILES string of the molecule is COC1(c2ccc(Cl)cc2F)CCC2(CC1)OCCO2. The molecule has 1 aromatic carbocycles. The molecular formula is C15H18ClFO3. The average molecular weight is 301 g/mol. The Morgan fingerprint density at radius 1 is 1.15 bits per heavy atom. The molecule has 0 bridgehead atoms. The van der Waals surface area contributed by atoms with Crippen LogP contribution < -0.4 is 0 Å². The fraction of sp³-hybridized carbons (Fsp3) is 0.600. The Kier molecular flexibility index (Phi) is 3.75. The van der Waals surface area contributed by atoms with Gasteiger partial charge in [0, 0.05) is 30.5 Å². The molecule has 1 saturated carbocycles. The number of benzene rings is 1. The summed E-state index contributed by atoms with van der Waals surface area (Å²) in [5.41, 5.74) is -0.0489. The molecule has 3 rings (SSSR count). The van der Waals surface area contributed by atoms with Gasteiger partial charge in [0.2, 0.25) is 0 Å². The highest BCUT2D eigenvalue weighted by Gasteiger charge is 2.48. The van der Waals surface area contributed by atoms with Gasteiger partial charge in [0.25, 0.3) is 0 Å². The minimum absolute atomic E-state index is 0.316. The number of methoxy groups -OCH3 is 1. The van der Waals surface area contributed by atoms with Crippen molar-refractivity contribution in [2.75, 3.05) is 20.3 Å². The molecule has 1 aromatic rings. The van der Waals surface area contributed by atoms with Crippen LogP contribution in [0, 0.1) is 5.82 Å².